The lowest BCUT2D eigenvalue weighted by atomic mass is 10.1. The molecular formula is C16H14N2O2S. The number of carbonyl (C=O) groups excluding carboxylic acids is 1. The summed E-state index contributed by atoms with van der Waals surface area (Å²) in [6.07, 6.45) is 6.83. The SMILES string of the molecule is Cc1csc(C(=O)NCc2cncc(-c3ccoc3)c2)c1. The van der Waals surface area contributed by atoms with Crippen molar-refractivity contribution in [3.63, 3.8) is 0 Å². The van der Waals surface area contributed by atoms with Gasteiger partial charge in [0.2, 0.25) is 0 Å². The van der Waals surface area contributed by atoms with Crippen LogP contribution in [0.5, 0.6) is 0 Å². The van der Waals surface area contributed by atoms with E-state index < -0.39 is 0 Å². The molecule has 0 saturated carbocycles. The number of hydrogen-bond donors (Lipinski definition) is 1. The number of carbonyl (C=O) groups is 1. The molecule has 0 aliphatic rings. The van der Waals surface area contributed by atoms with Gasteiger partial charge in [-0.05, 0) is 41.6 Å². The number of aromatic nitrogens is 1. The molecule has 3 heterocycles. The van der Waals surface area contributed by atoms with Crippen LogP contribution in [0.1, 0.15) is 20.8 Å². The van der Waals surface area contributed by atoms with E-state index in [2.05, 4.69) is 10.3 Å². The number of amides is 1. The lowest BCUT2D eigenvalue weighted by Gasteiger charge is -2.05. The number of aryl methyl sites for hydroxylation is 1. The van der Waals surface area contributed by atoms with Crippen molar-refractivity contribution in [2.45, 2.75) is 13.5 Å². The minimum Gasteiger partial charge on any atom is -0.472 e. The first kappa shape index (κ1) is 13.6. The van der Waals surface area contributed by atoms with Crippen LogP contribution in [0, 0.1) is 6.92 Å². The highest BCUT2D eigenvalue weighted by Gasteiger charge is 2.08. The summed E-state index contributed by atoms with van der Waals surface area (Å²) in [5, 5.41) is 4.88. The molecule has 3 aromatic heterocycles. The van der Waals surface area contributed by atoms with Gasteiger partial charge in [-0.25, -0.2) is 0 Å². The molecule has 0 bridgehead atoms. The van der Waals surface area contributed by atoms with E-state index in [-0.39, 0.29) is 5.91 Å². The first-order valence-corrected chi connectivity index (χ1v) is 7.40. The van der Waals surface area contributed by atoms with Gasteiger partial charge in [0, 0.05) is 30.1 Å². The number of nitrogens with one attached hydrogen (secondary N) is 1. The molecule has 1 N–H and O–H groups in total. The van der Waals surface area contributed by atoms with Crippen LogP contribution in [0.4, 0.5) is 0 Å². The van der Waals surface area contributed by atoms with Crippen molar-refractivity contribution in [3.8, 4) is 11.1 Å². The molecule has 4 nitrogen and oxygen atoms in total. The highest BCUT2D eigenvalue weighted by atomic mass is 32.1. The fourth-order valence-corrected chi connectivity index (χ4v) is 2.80. The fourth-order valence-electron chi connectivity index (χ4n) is 1.99. The molecule has 0 fully saturated rings. The molecule has 3 aromatic rings. The quantitative estimate of drug-likeness (QED) is 0.800. The largest absolute Gasteiger partial charge is 0.472 e. The molecule has 0 spiro atoms. The molecular weight excluding hydrogens is 284 g/mol. The third-order valence-electron chi connectivity index (χ3n) is 3.06. The summed E-state index contributed by atoms with van der Waals surface area (Å²) in [7, 11) is 0. The van der Waals surface area contributed by atoms with Crippen LogP contribution in [-0.2, 0) is 6.54 Å². The first-order valence-electron chi connectivity index (χ1n) is 6.52. The average molecular weight is 298 g/mol. The molecule has 0 saturated heterocycles. The van der Waals surface area contributed by atoms with Crippen molar-refractivity contribution < 1.29 is 9.21 Å². The zero-order valence-electron chi connectivity index (χ0n) is 11.5. The Balaban J connectivity index is 1.68. The van der Waals surface area contributed by atoms with E-state index >= 15 is 0 Å². The van der Waals surface area contributed by atoms with Crippen LogP contribution in [0.25, 0.3) is 11.1 Å². The Hall–Kier alpha value is -2.40. The summed E-state index contributed by atoms with van der Waals surface area (Å²) in [4.78, 5) is 16.9. The van der Waals surface area contributed by atoms with Crippen LogP contribution < -0.4 is 5.32 Å². The summed E-state index contributed by atoms with van der Waals surface area (Å²) >= 11 is 1.45. The second kappa shape index (κ2) is 5.93. The lowest BCUT2D eigenvalue weighted by Crippen LogP contribution is -2.21. The molecule has 5 heteroatoms. The smallest absolute Gasteiger partial charge is 0.261 e. The summed E-state index contributed by atoms with van der Waals surface area (Å²) in [5.41, 5.74) is 4.01. The second-order valence-electron chi connectivity index (χ2n) is 4.76. The molecule has 21 heavy (non-hydrogen) atoms. The van der Waals surface area contributed by atoms with Gasteiger partial charge in [-0.15, -0.1) is 11.3 Å². The fraction of sp³-hybridized carbons (Fsp3) is 0.125. The summed E-state index contributed by atoms with van der Waals surface area (Å²) in [6, 6.07) is 5.77. The van der Waals surface area contributed by atoms with E-state index in [0.717, 1.165) is 27.1 Å². The van der Waals surface area contributed by atoms with Crippen LogP contribution in [0.2, 0.25) is 0 Å². The van der Waals surface area contributed by atoms with Gasteiger partial charge < -0.3 is 9.73 Å². The molecule has 0 atom stereocenters. The molecule has 3 rings (SSSR count). The highest BCUT2D eigenvalue weighted by molar-refractivity contribution is 7.12. The highest BCUT2D eigenvalue weighted by Crippen LogP contribution is 2.19. The summed E-state index contributed by atoms with van der Waals surface area (Å²) < 4.78 is 5.07. The van der Waals surface area contributed by atoms with E-state index in [1.54, 1.807) is 24.9 Å². The normalized spacial score (nSPS) is 10.5. The Kier molecular flexibility index (Phi) is 3.83. The van der Waals surface area contributed by atoms with Crippen molar-refractivity contribution in [3.05, 3.63) is 64.5 Å². The van der Waals surface area contributed by atoms with Crippen LogP contribution >= 0.6 is 11.3 Å². The van der Waals surface area contributed by atoms with Gasteiger partial charge in [-0.2, -0.15) is 0 Å². The zero-order valence-corrected chi connectivity index (χ0v) is 12.3. The van der Waals surface area contributed by atoms with Gasteiger partial charge in [-0.3, -0.25) is 9.78 Å². The molecule has 0 unspecified atom stereocenters. The standard InChI is InChI=1S/C16H14N2O2S/c1-11-4-15(21-10-11)16(19)18-7-12-5-14(8-17-6-12)13-2-3-20-9-13/h2-6,8-10H,7H2,1H3,(H,18,19). The summed E-state index contributed by atoms with van der Waals surface area (Å²) in [6.45, 7) is 2.43. The van der Waals surface area contributed by atoms with Gasteiger partial charge in [0.05, 0.1) is 17.4 Å². The second-order valence-corrected chi connectivity index (χ2v) is 5.68. The maximum atomic E-state index is 12.0. The maximum Gasteiger partial charge on any atom is 0.261 e. The van der Waals surface area contributed by atoms with Crippen LogP contribution in [-0.4, -0.2) is 10.9 Å². The Morgan fingerprint density at radius 3 is 2.95 bits per heavy atom. The molecule has 0 aliphatic heterocycles. The van der Waals surface area contributed by atoms with Crippen LogP contribution in [0.3, 0.4) is 0 Å². The Labute approximate surface area is 126 Å². The van der Waals surface area contributed by atoms with Gasteiger partial charge >= 0.3 is 0 Å². The molecule has 0 radical (unpaired) electrons. The first-order chi connectivity index (χ1) is 10.2. The number of pyridine rings is 1. The average Bonchev–Trinajstić information content (AvgIpc) is 3.16. The van der Waals surface area contributed by atoms with Crippen molar-refractivity contribution in [1.29, 1.82) is 0 Å². The van der Waals surface area contributed by atoms with Crippen molar-refractivity contribution in [2.75, 3.05) is 0 Å². The number of hydrogen-bond acceptors (Lipinski definition) is 4. The third kappa shape index (κ3) is 3.20. The van der Waals surface area contributed by atoms with Crippen molar-refractivity contribution in [1.82, 2.24) is 10.3 Å². The van der Waals surface area contributed by atoms with Gasteiger partial charge in [-0.1, -0.05) is 0 Å². The van der Waals surface area contributed by atoms with Crippen LogP contribution in [0.15, 0.2) is 52.9 Å². The molecule has 0 aliphatic carbocycles. The number of nitrogens with zero attached hydrogens (tertiary/aromatic N) is 1. The lowest BCUT2D eigenvalue weighted by molar-refractivity contribution is 0.0955. The number of thiophene rings is 1. The van der Waals surface area contributed by atoms with Gasteiger partial charge in [0.15, 0.2) is 0 Å². The Morgan fingerprint density at radius 1 is 1.33 bits per heavy atom. The van der Waals surface area contributed by atoms with Gasteiger partial charge in [0.1, 0.15) is 0 Å². The minimum atomic E-state index is -0.0539. The van der Waals surface area contributed by atoms with E-state index in [9.17, 15) is 4.79 Å². The van der Waals surface area contributed by atoms with E-state index in [0.29, 0.717) is 6.54 Å². The maximum absolute atomic E-state index is 12.0. The summed E-state index contributed by atoms with van der Waals surface area (Å²) in [5.74, 6) is -0.0539. The molecule has 106 valence electrons. The monoisotopic (exact) mass is 298 g/mol. The minimum absolute atomic E-state index is 0.0539. The number of furan rings is 1. The molecule has 1 amide bonds. The van der Waals surface area contributed by atoms with E-state index in [1.165, 1.54) is 11.3 Å². The predicted octanol–water partition coefficient (Wildman–Crippen LogP) is 3.64. The van der Waals surface area contributed by atoms with E-state index in [1.807, 2.05) is 30.5 Å². The number of rotatable bonds is 4. The Bertz CT molecular complexity index is 747. The topological polar surface area (TPSA) is 55.1 Å². The van der Waals surface area contributed by atoms with E-state index in [4.69, 9.17) is 4.42 Å². The molecule has 0 aromatic carbocycles. The van der Waals surface area contributed by atoms with Crippen molar-refractivity contribution in [2.24, 2.45) is 0 Å². The van der Waals surface area contributed by atoms with Gasteiger partial charge in [0.25, 0.3) is 5.91 Å². The predicted molar refractivity (Wildman–Crippen MR) is 82.2 cm³/mol. The Morgan fingerprint density at radius 2 is 2.24 bits per heavy atom. The third-order valence-corrected chi connectivity index (χ3v) is 4.10. The zero-order chi connectivity index (χ0) is 14.7. The van der Waals surface area contributed by atoms with Crippen molar-refractivity contribution >= 4 is 17.2 Å².